The molecule has 5 aliphatic heterocycles. The Labute approximate surface area is 373 Å². The lowest BCUT2D eigenvalue weighted by atomic mass is 9.46. The van der Waals surface area contributed by atoms with Crippen LogP contribution < -0.4 is 0 Å². The molecule has 8 fully saturated rings. The molecule has 0 aromatic heterocycles. The number of allylic oxidation sites excluding steroid dienone is 1. The molecule has 4 aliphatic carbocycles. The van der Waals surface area contributed by atoms with Crippen LogP contribution in [0.1, 0.15) is 86.0 Å². The second kappa shape index (κ2) is 17.4. The number of ether oxygens (including phenoxy) is 8. The minimum atomic E-state index is -1.78. The third kappa shape index (κ3) is 7.25. The number of hydrogen-bond donors (Lipinski definition) is 11. The maximum atomic E-state index is 12.8. The minimum absolute atomic E-state index is 0.0811. The largest absolute Gasteiger partial charge is 0.396 e. The summed E-state index contributed by atoms with van der Waals surface area (Å²) >= 11 is 0. The Morgan fingerprint density at radius 1 is 0.688 bits per heavy atom. The Kier molecular flexibility index (Phi) is 13.1. The molecule has 19 heteroatoms. The fourth-order valence-electron chi connectivity index (χ4n) is 14.1. The monoisotopic (exact) mass is 916 g/mol. The minimum Gasteiger partial charge on any atom is -0.396 e. The molecule has 9 aliphatic rings. The van der Waals surface area contributed by atoms with Crippen LogP contribution in [0.4, 0.5) is 0 Å². The molecule has 0 radical (unpaired) electrons. The van der Waals surface area contributed by atoms with E-state index >= 15 is 0 Å². The van der Waals surface area contributed by atoms with Crippen LogP contribution in [-0.2, 0) is 37.9 Å². The number of rotatable bonds is 8. The summed E-state index contributed by atoms with van der Waals surface area (Å²) in [5, 5.41) is 120. The summed E-state index contributed by atoms with van der Waals surface area (Å²) in [5.74, 6) is -1.10. The van der Waals surface area contributed by atoms with Crippen molar-refractivity contribution in [3.63, 3.8) is 0 Å². The lowest BCUT2D eigenvalue weighted by Gasteiger charge is -2.60. The summed E-state index contributed by atoms with van der Waals surface area (Å²) < 4.78 is 48.3. The smallest absolute Gasteiger partial charge is 0.200 e. The molecule has 27 atom stereocenters. The summed E-state index contributed by atoms with van der Waals surface area (Å²) in [6.45, 7) is 8.98. The van der Waals surface area contributed by atoms with E-state index in [1.807, 2.05) is 6.92 Å². The highest BCUT2D eigenvalue weighted by Crippen LogP contribution is 2.72. The normalized spacial score (nSPS) is 58.6. The van der Waals surface area contributed by atoms with Gasteiger partial charge in [0.1, 0.15) is 72.7 Å². The zero-order valence-corrected chi connectivity index (χ0v) is 37.3. The van der Waals surface area contributed by atoms with Gasteiger partial charge in [0.25, 0.3) is 0 Å². The van der Waals surface area contributed by atoms with Crippen molar-refractivity contribution in [1.82, 2.24) is 0 Å². The molecule has 64 heavy (non-hydrogen) atoms. The summed E-state index contributed by atoms with van der Waals surface area (Å²) in [4.78, 5) is 0. The van der Waals surface area contributed by atoms with E-state index < -0.39 is 134 Å². The molecule has 0 aromatic rings. The van der Waals surface area contributed by atoms with Crippen LogP contribution in [0.25, 0.3) is 0 Å². The molecule has 5 saturated heterocycles. The van der Waals surface area contributed by atoms with Gasteiger partial charge >= 0.3 is 0 Å². The molecule has 5 heterocycles. The first-order chi connectivity index (χ1) is 30.2. The van der Waals surface area contributed by atoms with Gasteiger partial charge in [-0.25, -0.2) is 0 Å². The van der Waals surface area contributed by atoms with Crippen molar-refractivity contribution in [2.24, 2.45) is 40.4 Å². The molecule has 3 saturated carbocycles. The van der Waals surface area contributed by atoms with Gasteiger partial charge in [0.2, 0.25) is 0 Å². The second-order valence-corrected chi connectivity index (χ2v) is 21.2. The van der Waals surface area contributed by atoms with Gasteiger partial charge in [-0.1, -0.05) is 32.4 Å². The summed E-state index contributed by atoms with van der Waals surface area (Å²) in [6, 6.07) is 0. The van der Waals surface area contributed by atoms with Crippen molar-refractivity contribution < 1.29 is 94.1 Å². The van der Waals surface area contributed by atoms with E-state index in [4.69, 9.17) is 37.9 Å². The van der Waals surface area contributed by atoms with Gasteiger partial charge in [-0.05, 0) is 88.4 Å². The Hall–Kier alpha value is -1.02. The molecule has 366 valence electrons. The van der Waals surface area contributed by atoms with Crippen LogP contribution in [0, 0.1) is 40.4 Å². The average molecular weight is 917 g/mol. The van der Waals surface area contributed by atoms with Crippen molar-refractivity contribution >= 4 is 0 Å². The standard InChI is InChI=1S/C45H72O19/c1-18-30(49)31(50)34(53)39(58-18)62-37-19(2)59-40(35(54)32(37)51)63-38-27(16-47)61-41(36(55)33(38)52)60-23-8-10-42(4)22(13-23)6-7-24-25(42)9-11-43(5)26(24)14-29-44(43,56)20(3)45(64-29)28(48)12-21(15-46)17-57-45/h6,18-21,23-41,46-56H,7-17H2,1-5H3/t18-,19-,20-,21-,23-,24+,25-,26-,27+,28-,29-,30-,31+,32-,33+,34+,35+,36+,37-,38+,39-,40-,41+,42-,43-,44+,45-/m0/s1. The van der Waals surface area contributed by atoms with Crippen molar-refractivity contribution in [3.8, 4) is 0 Å². The predicted molar refractivity (Wildman–Crippen MR) is 217 cm³/mol. The lowest BCUT2D eigenvalue weighted by molar-refractivity contribution is -0.376. The second-order valence-electron chi connectivity index (χ2n) is 21.2. The van der Waals surface area contributed by atoms with Crippen LogP contribution in [0.3, 0.4) is 0 Å². The first-order valence-corrected chi connectivity index (χ1v) is 23.6. The third-order valence-corrected chi connectivity index (χ3v) is 18.1. The maximum Gasteiger partial charge on any atom is 0.200 e. The van der Waals surface area contributed by atoms with Gasteiger partial charge in [-0.2, -0.15) is 0 Å². The molecule has 0 aromatic carbocycles. The van der Waals surface area contributed by atoms with Crippen LogP contribution >= 0.6 is 0 Å². The SMILES string of the molecule is C[C@@H]1O[C@@H](O[C@@H]2[C@@H](O)[C@@H](O)[C@H](O[C@H]3[C@H](O)[C@@H](O)[C@H](O[C@H]4CC[C@@]5(C)C(=CC[C@@H]6[C@@H]5CC[C@@]5(C)[C@H]6C[C@@H]6O[C@@]7(OC[C@H](CO)C[C@@H]7O)[C@@H](C)[C@@]65O)C4)O[C@@H]3CO)O[C@H]2C)[C@H](O)[C@H](O)[C@H]1O. The Morgan fingerprint density at radius 3 is 2.00 bits per heavy atom. The molecule has 0 unspecified atom stereocenters. The first-order valence-electron chi connectivity index (χ1n) is 23.6. The van der Waals surface area contributed by atoms with Gasteiger partial charge in [0.05, 0.1) is 37.6 Å². The van der Waals surface area contributed by atoms with Crippen molar-refractivity contribution in [3.05, 3.63) is 11.6 Å². The molecular formula is C45H72O19. The van der Waals surface area contributed by atoms with Crippen LogP contribution in [-0.4, -0.2) is 198 Å². The highest BCUT2D eigenvalue weighted by atomic mass is 16.8. The highest BCUT2D eigenvalue weighted by Gasteiger charge is 2.77. The molecule has 1 spiro atoms. The van der Waals surface area contributed by atoms with Crippen LogP contribution in [0.2, 0.25) is 0 Å². The Balaban J connectivity index is 0.819. The van der Waals surface area contributed by atoms with Crippen LogP contribution in [0.15, 0.2) is 11.6 Å². The predicted octanol–water partition coefficient (Wildman–Crippen LogP) is -1.70. The molecule has 11 N–H and O–H groups in total. The van der Waals surface area contributed by atoms with E-state index in [1.165, 1.54) is 19.4 Å². The van der Waals surface area contributed by atoms with E-state index in [0.29, 0.717) is 37.5 Å². The number of fused-ring (bicyclic) bond motifs is 7. The topological polar surface area (TPSA) is 296 Å². The summed E-state index contributed by atoms with van der Waals surface area (Å²) in [7, 11) is 0. The van der Waals surface area contributed by atoms with Crippen LogP contribution in [0.5, 0.6) is 0 Å². The molecule has 0 amide bonds. The summed E-state index contributed by atoms with van der Waals surface area (Å²) in [6.07, 6.45) is -15.5. The van der Waals surface area contributed by atoms with E-state index in [1.54, 1.807) is 0 Å². The highest BCUT2D eigenvalue weighted by molar-refractivity contribution is 5.29. The van der Waals surface area contributed by atoms with Crippen molar-refractivity contribution in [2.45, 2.75) is 208 Å². The van der Waals surface area contributed by atoms with Gasteiger partial charge in [0.15, 0.2) is 24.7 Å². The van der Waals surface area contributed by atoms with E-state index in [-0.39, 0.29) is 36.6 Å². The fourth-order valence-corrected chi connectivity index (χ4v) is 14.1. The van der Waals surface area contributed by atoms with Gasteiger partial charge in [0, 0.05) is 23.9 Å². The van der Waals surface area contributed by atoms with Gasteiger partial charge in [-0.3, -0.25) is 0 Å². The maximum absolute atomic E-state index is 12.8. The third-order valence-electron chi connectivity index (χ3n) is 18.1. The van der Waals surface area contributed by atoms with Gasteiger partial charge in [-0.15, -0.1) is 0 Å². The molecule has 19 nitrogen and oxygen atoms in total. The quantitative estimate of drug-likeness (QED) is 0.121. The van der Waals surface area contributed by atoms with Gasteiger partial charge < -0.3 is 94.1 Å². The van der Waals surface area contributed by atoms with E-state index in [0.717, 1.165) is 25.7 Å². The molecule has 0 bridgehead atoms. The molecule has 9 rings (SSSR count). The number of aliphatic hydroxyl groups excluding tert-OH is 10. The number of hydrogen-bond acceptors (Lipinski definition) is 19. The Morgan fingerprint density at radius 2 is 1.33 bits per heavy atom. The first kappa shape index (κ1) is 48.0. The fraction of sp³-hybridized carbons (Fsp3) is 0.956. The van der Waals surface area contributed by atoms with E-state index in [2.05, 4.69) is 19.9 Å². The lowest BCUT2D eigenvalue weighted by Crippen LogP contribution is -2.65. The molecular weight excluding hydrogens is 844 g/mol. The van der Waals surface area contributed by atoms with Crippen molar-refractivity contribution in [2.75, 3.05) is 19.8 Å². The summed E-state index contributed by atoms with van der Waals surface area (Å²) in [5.41, 5.74) is -0.511. The average Bonchev–Trinajstić information content (AvgIpc) is 3.64. The number of aliphatic hydroxyl groups is 11. The zero-order valence-electron chi connectivity index (χ0n) is 37.3. The Bertz CT molecular complexity index is 1710. The zero-order chi connectivity index (χ0) is 46.0. The van der Waals surface area contributed by atoms with E-state index in [9.17, 15) is 56.2 Å². The van der Waals surface area contributed by atoms with Crippen molar-refractivity contribution in [1.29, 1.82) is 0 Å².